The van der Waals surface area contributed by atoms with Gasteiger partial charge in [-0.25, -0.2) is 9.97 Å². The second kappa shape index (κ2) is 4.50. The van der Waals surface area contributed by atoms with Gasteiger partial charge in [0.1, 0.15) is 5.82 Å². The van der Waals surface area contributed by atoms with Crippen molar-refractivity contribution in [3.63, 3.8) is 0 Å². The molecule has 3 nitrogen and oxygen atoms in total. The molecule has 90 valence electrons. The molecule has 16 heavy (non-hydrogen) atoms. The van der Waals surface area contributed by atoms with Gasteiger partial charge >= 0.3 is 0 Å². The van der Waals surface area contributed by atoms with Gasteiger partial charge < -0.3 is 4.90 Å². The molecule has 1 aromatic heterocycles. The van der Waals surface area contributed by atoms with Crippen LogP contribution < -0.4 is 0 Å². The molecule has 0 saturated carbocycles. The van der Waals surface area contributed by atoms with Gasteiger partial charge in [0.25, 0.3) is 0 Å². The van der Waals surface area contributed by atoms with Crippen molar-refractivity contribution in [2.75, 3.05) is 14.1 Å². The number of aromatic nitrogens is 2. The number of nitrogens with zero attached hydrogens (tertiary/aromatic N) is 3. The maximum atomic E-state index is 4.59. The van der Waals surface area contributed by atoms with Crippen molar-refractivity contribution in [1.29, 1.82) is 0 Å². The fraction of sp³-hybridized carbons (Fsp3) is 0.692. The number of hydrogen-bond donors (Lipinski definition) is 0. The predicted molar refractivity (Wildman–Crippen MR) is 67.6 cm³/mol. The summed E-state index contributed by atoms with van der Waals surface area (Å²) in [5.41, 5.74) is 3.61. The number of aryl methyl sites for hydroxylation is 2. The molecule has 0 saturated heterocycles. The highest BCUT2D eigenvalue weighted by atomic mass is 15.1. The Morgan fingerprint density at radius 2 is 1.44 bits per heavy atom. The first-order chi connectivity index (χ1) is 7.21. The minimum absolute atomic E-state index is 0.116. The largest absolute Gasteiger partial charge is 0.302 e. The first kappa shape index (κ1) is 13.1. The van der Waals surface area contributed by atoms with E-state index < -0.39 is 0 Å². The van der Waals surface area contributed by atoms with Crippen LogP contribution in [0.4, 0.5) is 0 Å². The van der Waals surface area contributed by atoms with Crippen LogP contribution in [0.5, 0.6) is 0 Å². The fourth-order valence-corrected chi connectivity index (χ4v) is 2.22. The molecule has 0 aliphatic carbocycles. The summed E-state index contributed by atoms with van der Waals surface area (Å²) < 4.78 is 0. The Hall–Kier alpha value is -0.960. The van der Waals surface area contributed by atoms with E-state index in [2.05, 4.69) is 49.5 Å². The van der Waals surface area contributed by atoms with Crippen molar-refractivity contribution in [3.05, 3.63) is 22.8 Å². The van der Waals surface area contributed by atoms with E-state index in [4.69, 9.17) is 0 Å². The quantitative estimate of drug-likeness (QED) is 0.768. The molecule has 0 N–H and O–H groups in total. The summed E-state index contributed by atoms with van der Waals surface area (Å²) in [5.74, 6) is 0.910. The predicted octanol–water partition coefficient (Wildman–Crippen LogP) is 2.45. The molecule has 1 heterocycles. The Balaban J connectivity index is 3.18. The summed E-state index contributed by atoms with van der Waals surface area (Å²) in [4.78, 5) is 11.3. The van der Waals surface area contributed by atoms with E-state index in [1.54, 1.807) is 0 Å². The van der Waals surface area contributed by atoms with Gasteiger partial charge in [0.05, 0.1) is 6.54 Å². The molecule has 1 rings (SSSR count). The van der Waals surface area contributed by atoms with Crippen LogP contribution in [0.3, 0.4) is 0 Å². The van der Waals surface area contributed by atoms with Crippen LogP contribution in [0.15, 0.2) is 0 Å². The van der Waals surface area contributed by atoms with Crippen LogP contribution in [0.25, 0.3) is 0 Å². The highest BCUT2D eigenvalue weighted by molar-refractivity contribution is 5.31. The zero-order chi connectivity index (χ0) is 12.5. The SMILES string of the molecule is Cc1nc(CN(C)C)nc(C)c1C(C)(C)C. The minimum Gasteiger partial charge on any atom is -0.302 e. The highest BCUT2D eigenvalue weighted by Crippen LogP contribution is 2.26. The van der Waals surface area contributed by atoms with Crippen molar-refractivity contribution in [2.45, 2.75) is 46.6 Å². The van der Waals surface area contributed by atoms with Crippen LogP contribution in [0.2, 0.25) is 0 Å². The van der Waals surface area contributed by atoms with Crippen molar-refractivity contribution < 1.29 is 0 Å². The topological polar surface area (TPSA) is 29.0 Å². The summed E-state index contributed by atoms with van der Waals surface area (Å²) >= 11 is 0. The molecule has 0 aromatic carbocycles. The van der Waals surface area contributed by atoms with Gasteiger partial charge in [0.15, 0.2) is 0 Å². The standard InChI is InChI=1S/C13H23N3/c1-9-12(13(3,4)5)10(2)15-11(14-9)8-16(6)7/h8H2,1-7H3. The zero-order valence-electron chi connectivity index (χ0n) is 11.5. The van der Waals surface area contributed by atoms with E-state index in [9.17, 15) is 0 Å². The summed E-state index contributed by atoms with van der Waals surface area (Å²) in [5, 5.41) is 0. The minimum atomic E-state index is 0.116. The van der Waals surface area contributed by atoms with Gasteiger partial charge in [-0.15, -0.1) is 0 Å². The lowest BCUT2D eigenvalue weighted by atomic mass is 9.85. The monoisotopic (exact) mass is 221 g/mol. The second-order valence-electron chi connectivity index (χ2n) is 5.67. The van der Waals surface area contributed by atoms with Crippen molar-refractivity contribution in [1.82, 2.24) is 14.9 Å². The van der Waals surface area contributed by atoms with Gasteiger partial charge in [-0.1, -0.05) is 20.8 Å². The molecule has 0 atom stereocenters. The Bertz CT molecular complexity index is 352. The van der Waals surface area contributed by atoms with Gasteiger partial charge in [0, 0.05) is 17.0 Å². The highest BCUT2D eigenvalue weighted by Gasteiger charge is 2.21. The van der Waals surface area contributed by atoms with Crippen LogP contribution >= 0.6 is 0 Å². The Kier molecular flexibility index (Phi) is 3.68. The molecular formula is C13H23N3. The molecule has 0 amide bonds. The number of rotatable bonds is 2. The average Bonchev–Trinajstić information content (AvgIpc) is 1.96. The van der Waals surface area contributed by atoms with Gasteiger partial charge in [-0.3, -0.25) is 0 Å². The molecule has 3 heteroatoms. The lowest BCUT2D eigenvalue weighted by Crippen LogP contribution is -2.20. The molecule has 0 fully saturated rings. The molecular weight excluding hydrogens is 198 g/mol. The van der Waals surface area contributed by atoms with Gasteiger partial charge in [-0.2, -0.15) is 0 Å². The molecule has 0 bridgehead atoms. The second-order valence-corrected chi connectivity index (χ2v) is 5.67. The Labute approximate surface area is 98.9 Å². The van der Waals surface area contributed by atoms with E-state index >= 15 is 0 Å². The van der Waals surface area contributed by atoms with E-state index in [0.29, 0.717) is 0 Å². The first-order valence-electron chi connectivity index (χ1n) is 5.71. The third kappa shape index (κ3) is 3.01. The lowest BCUT2D eigenvalue weighted by molar-refractivity contribution is 0.388. The molecule has 0 aliphatic heterocycles. The average molecular weight is 221 g/mol. The molecule has 0 spiro atoms. The summed E-state index contributed by atoms with van der Waals surface area (Å²) in [6.45, 7) is 11.6. The van der Waals surface area contributed by atoms with Crippen LogP contribution in [0, 0.1) is 13.8 Å². The number of hydrogen-bond acceptors (Lipinski definition) is 3. The molecule has 1 aromatic rings. The normalized spacial score (nSPS) is 12.2. The smallest absolute Gasteiger partial charge is 0.142 e. The van der Waals surface area contributed by atoms with E-state index in [1.165, 1.54) is 5.56 Å². The van der Waals surface area contributed by atoms with Crippen LogP contribution in [0.1, 0.15) is 43.5 Å². The van der Waals surface area contributed by atoms with Crippen LogP contribution in [-0.4, -0.2) is 29.0 Å². The fourth-order valence-electron chi connectivity index (χ4n) is 2.22. The zero-order valence-corrected chi connectivity index (χ0v) is 11.5. The molecule has 0 radical (unpaired) electrons. The lowest BCUT2D eigenvalue weighted by Gasteiger charge is -2.23. The third-order valence-corrected chi connectivity index (χ3v) is 2.52. The third-order valence-electron chi connectivity index (χ3n) is 2.52. The van der Waals surface area contributed by atoms with Crippen molar-refractivity contribution >= 4 is 0 Å². The summed E-state index contributed by atoms with van der Waals surface area (Å²) in [7, 11) is 4.07. The van der Waals surface area contributed by atoms with Crippen molar-refractivity contribution in [3.8, 4) is 0 Å². The van der Waals surface area contributed by atoms with Gasteiger partial charge in [-0.05, 0) is 33.4 Å². The summed E-state index contributed by atoms with van der Waals surface area (Å²) in [6.07, 6.45) is 0. The van der Waals surface area contributed by atoms with E-state index in [-0.39, 0.29) is 5.41 Å². The first-order valence-corrected chi connectivity index (χ1v) is 5.71. The van der Waals surface area contributed by atoms with Gasteiger partial charge in [0.2, 0.25) is 0 Å². The van der Waals surface area contributed by atoms with E-state index in [1.807, 2.05) is 14.1 Å². The maximum absolute atomic E-state index is 4.59. The molecule has 0 unspecified atom stereocenters. The Morgan fingerprint density at radius 1 is 1.00 bits per heavy atom. The van der Waals surface area contributed by atoms with Crippen molar-refractivity contribution in [2.24, 2.45) is 0 Å². The molecule has 0 aliphatic rings. The van der Waals surface area contributed by atoms with Crippen LogP contribution in [-0.2, 0) is 12.0 Å². The summed E-state index contributed by atoms with van der Waals surface area (Å²) in [6, 6.07) is 0. The van der Waals surface area contributed by atoms with E-state index in [0.717, 1.165) is 23.8 Å². The Morgan fingerprint density at radius 3 is 1.75 bits per heavy atom. The maximum Gasteiger partial charge on any atom is 0.142 e.